The number of esters is 1. The zero-order chi connectivity index (χ0) is 13.7. The first-order valence-corrected chi connectivity index (χ1v) is 6.53. The molecular formula is C11H10ClFINO3. The van der Waals surface area contributed by atoms with Crippen molar-refractivity contribution in [2.24, 2.45) is 0 Å². The van der Waals surface area contributed by atoms with Gasteiger partial charge in [0.05, 0.1) is 17.7 Å². The summed E-state index contributed by atoms with van der Waals surface area (Å²) >= 11 is 7.39. The highest BCUT2D eigenvalue weighted by Crippen LogP contribution is 2.17. The molecule has 0 radical (unpaired) electrons. The maximum absolute atomic E-state index is 13.5. The summed E-state index contributed by atoms with van der Waals surface area (Å²) in [4.78, 5) is 22.8. The third kappa shape index (κ3) is 3.81. The maximum Gasteiger partial charge on any atom is 0.320 e. The Kier molecular flexibility index (Phi) is 5.80. The lowest BCUT2D eigenvalue weighted by Gasteiger charge is -2.10. The summed E-state index contributed by atoms with van der Waals surface area (Å²) in [5, 5.41) is 2.31. The molecule has 1 aromatic rings. The van der Waals surface area contributed by atoms with E-state index >= 15 is 0 Å². The van der Waals surface area contributed by atoms with Crippen molar-refractivity contribution in [1.82, 2.24) is 5.32 Å². The van der Waals surface area contributed by atoms with Gasteiger partial charge in [0.1, 0.15) is 3.92 Å². The Bertz CT molecular complexity index is 470. The van der Waals surface area contributed by atoms with Crippen LogP contribution in [0, 0.1) is 5.82 Å². The number of amides is 1. The average Bonchev–Trinajstić information content (AvgIpc) is 2.37. The monoisotopic (exact) mass is 385 g/mol. The predicted octanol–water partition coefficient (Wildman–Crippen LogP) is 2.19. The van der Waals surface area contributed by atoms with Gasteiger partial charge in [-0.15, -0.1) is 0 Å². The van der Waals surface area contributed by atoms with Gasteiger partial charge in [-0.2, -0.15) is 0 Å². The lowest BCUT2D eigenvalue weighted by Crippen LogP contribution is -2.34. The minimum atomic E-state index is -0.778. The Morgan fingerprint density at radius 2 is 2.22 bits per heavy atom. The number of alkyl halides is 1. The van der Waals surface area contributed by atoms with E-state index in [0.717, 1.165) is 0 Å². The van der Waals surface area contributed by atoms with Crippen molar-refractivity contribution in [2.75, 3.05) is 13.7 Å². The maximum atomic E-state index is 13.5. The third-order valence-electron chi connectivity index (χ3n) is 2.09. The van der Waals surface area contributed by atoms with E-state index < -0.39 is 21.6 Å². The Labute approximate surface area is 122 Å². The number of hydrogen-bond acceptors (Lipinski definition) is 3. The molecule has 7 heteroatoms. The number of carbonyl (C=O) groups excluding carboxylic acids is 2. The molecule has 1 aromatic carbocycles. The third-order valence-corrected chi connectivity index (χ3v) is 3.34. The average molecular weight is 386 g/mol. The summed E-state index contributed by atoms with van der Waals surface area (Å²) < 4.78 is 17.5. The van der Waals surface area contributed by atoms with Gasteiger partial charge in [0.25, 0.3) is 5.91 Å². The number of ether oxygens (including phenoxy) is 1. The van der Waals surface area contributed by atoms with Crippen molar-refractivity contribution >= 4 is 46.1 Å². The first-order chi connectivity index (χ1) is 8.47. The molecule has 0 aromatic heterocycles. The molecule has 0 bridgehead atoms. The van der Waals surface area contributed by atoms with E-state index in [1.54, 1.807) is 0 Å². The molecule has 4 nitrogen and oxygen atoms in total. The number of hydrogen-bond donors (Lipinski definition) is 1. The first kappa shape index (κ1) is 15.2. The second-order valence-corrected chi connectivity index (χ2v) is 5.21. The Morgan fingerprint density at radius 1 is 1.56 bits per heavy atom. The van der Waals surface area contributed by atoms with Gasteiger partial charge in [-0.1, -0.05) is 40.3 Å². The van der Waals surface area contributed by atoms with E-state index in [0.29, 0.717) is 0 Å². The van der Waals surface area contributed by atoms with Crippen LogP contribution >= 0.6 is 34.2 Å². The number of benzene rings is 1. The minimum Gasteiger partial charge on any atom is -0.468 e. The normalized spacial score (nSPS) is 11.8. The van der Waals surface area contributed by atoms with Gasteiger partial charge in [-0.05, 0) is 12.1 Å². The van der Waals surface area contributed by atoms with Crippen LogP contribution in [0.4, 0.5) is 4.39 Å². The van der Waals surface area contributed by atoms with Crippen LogP contribution in [0.2, 0.25) is 5.02 Å². The fraction of sp³-hybridized carbons (Fsp3) is 0.273. The summed E-state index contributed by atoms with van der Waals surface area (Å²) in [6.07, 6.45) is 0. The van der Waals surface area contributed by atoms with Gasteiger partial charge in [0.2, 0.25) is 0 Å². The summed E-state index contributed by atoms with van der Waals surface area (Å²) in [5.41, 5.74) is -0.157. The van der Waals surface area contributed by atoms with Crippen molar-refractivity contribution in [2.45, 2.75) is 3.92 Å². The molecule has 98 valence electrons. The van der Waals surface area contributed by atoms with E-state index in [2.05, 4.69) is 10.1 Å². The Balaban J connectivity index is 2.66. The van der Waals surface area contributed by atoms with Gasteiger partial charge in [-0.25, -0.2) is 4.39 Å². The molecule has 0 aliphatic carbocycles. The van der Waals surface area contributed by atoms with Gasteiger partial charge >= 0.3 is 5.97 Å². The minimum absolute atomic E-state index is 0.0536. The number of halogens is 3. The molecule has 18 heavy (non-hydrogen) atoms. The Hall–Kier alpha value is -0.890. The smallest absolute Gasteiger partial charge is 0.320 e. The molecule has 0 saturated carbocycles. The van der Waals surface area contributed by atoms with Crippen LogP contribution in [0.15, 0.2) is 18.2 Å². The number of methoxy groups -OCH3 is 1. The van der Waals surface area contributed by atoms with Crippen LogP contribution in [0.1, 0.15) is 10.4 Å². The molecule has 0 fully saturated rings. The molecule has 0 saturated heterocycles. The van der Waals surface area contributed by atoms with Crippen molar-refractivity contribution in [3.8, 4) is 0 Å². The highest BCUT2D eigenvalue weighted by Gasteiger charge is 2.18. The molecule has 0 aliphatic rings. The molecule has 0 heterocycles. The summed E-state index contributed by atoms with van der Waals surface area (Å²) in [5.74, 6) is -1.86. The molecule has 1 unspecified atom stereocenters. The topological polar surface area (TPSA) is 55.4 Å². The zero-order valence-electron chi connectivity index (χ0n) is 9.38. The fourth-order valence-corrected chi connectivity index (χ4v) is 1.82. The standard InChI is InChI=1S/C11H10ClFINO3/c1-18-11(17)8(14)5-15-10(16)6-3-2-4-7(12)9(6)13/h2-4,8H,5H2,1H3,(H,15,16). The number of nitrogens with one attached hydrogen (secondary N) is 1. The van der Waals surface area contributed by atoms with Gasteiger partial charge < -0.3 is 10.1 Å². The highest BCUT2D eigenvalue weighted by molar-refractivity contribution is 14.1. The summed E-state index contributed by atoms with van der Waals surface area (Å²) in [6, 6.07) is 4.14. The summed E-state index contributed by atoms with van der Waals surface area (Å²) in [7, 11) is 1.26. The number of carbonyl (C=O) groups is 2. The largest absolute Gasteiger partial charge is 0.468 e. The molecule has 1 rings (SSSR count). The SMILES string of the molecule is COC(=O)C(I)CNC(=O)c1cccc(Cl)c1F. The Morgan fingerprint density at radius 3 is 2.83 bits per heavy atom. The predicted molar refractivity (Wildman–Crippen MR) is 73.6 cm³/mol. The lowest BCUT2D eigenvalue weighted by atomic mass is 10.2. The number of rotatable bonds is 4. The van der Waals surface area contributed by atoms with Crippen LogP contribution < -0.4 is 5.32 Å². The van der Waals surface area contributed by atoms with E-state index in [9.17, 15) is 14.0 Å². The van der Waals surface area contributed by atoms with Crippen molar-refractivity contribution < 1.29 is 18.7 Å². The van der Waals surface area contributed by atoms with E-state index in [-0.39, 0.29) is 17.1 Å². The second kappa shape index (κ2) is 6.89. The quantitative estimate of drug-likeness (QED) is 0.491. The fourth-order valence-electron chi connectivity index (χ4n) is 1.17. The summed E-state index contributed by atoms with van der Waals surface area (Å²) in [6.45, 7) is 0.0536. The van der Waals surface area contributed by atoms with Crippen LogP contribution in [0.3, 0.4) is 0 Å². The molecule has 0 spiro atoms. The van der Waals surface area contributed by atoms with E-state index in [4.69, 9.17) is 11.6 Å². The lowest BCUT2D eigenvalue weighted by molar-refractivity contribution is -0.139. The molecule has 1 N–H and O–H groups in total. The zero-order valence-corrected chi connectivity index (χ0v) is 12.3. The first-order valence-electron chi connectivity index (χ1n) is 4.91. The van der Waals surface area contributed by atoms with Crippen molar-refractivity contribution in [1.29, 1.82) is 0 Å². The van der Waals surface area contributed by atoms with Crippen LogP contribution in [0.25, 0.3) is 0 Å². The molecule has 1 amide bonds. The van der Waals surface area contributed by atoms with Crippen molar-refractivity contribution in [3.05, 3.63) is 34.6 Å². The van der Waals surface area contributed by atoms with E-state index in [1.807, 2.05) is 22.6 Å². The van der Waals surface area contributed by atoms with E-state index in [1.165, 1.54) is 25.3 Å². The molecular weight excluding hydrogens is 375 g/mol. The molecule has 0 aliphatic heterocycles. The van der Waals surface area contributed by atoms with Crippen LogP contribution in [-0.4, -0.2) is 29.5 Å². The highest BCUT2D eigenvalue weighted by atomic mass is 127. The van der Waals surface area contributed by atoms with Gasteiger partial charge in [0, 0.05) is 6.54 Å². The second-order valence-electron chi connectivity index (χ2n) is 3.30. The van der Waals surface area contributed by atoms with Crippen molar-refractivity contribution in [3.63, 3.8) is 0 Å². The van der Waals surface area contributed by atoms with Crippen LogP contribution in [0.5, 0.6) is 0 Å². The van der Waals surface area contributed by atoms with Gasteiger partial charge in [-0.3, -0.25) is 9.59 Å². The molecule has 1 atom stereocenters. The van der Waals surface area contributed by atoms with Gasteiger partial charge in [0.15, 0.2) is 5.82 Å². The van der Waals surface area contributed by atoms with Crippen LogP contribution in [-0.2, 0) is 9.53 Å².